The third kappa shape index (κ3) is 4.93. The number of nitrogens with zero attached hydrogens (tertiary/aromatic N) is 3. The molecule has 0 atom stereocenters. The Morgan fingerprint density at radius 2 is 1.93 bits per heavy atom. The third-order valence-electron chi connectivity index (χ3n) is 4.32. The minimum atomic E-state index is -0.444. The van der Waals surface area contributed by atoms with E-state index in [0.29, 0.717) is 42.6 Å². The molecule has 7 nitrogen and oxygen atoms in total. The molecular weight excluding hydrogens is 375 g/mol. The Balaban J connectivity index is 1.56. The van der Waals surface area contributed by atoms with Gasteiger partial charge in [0.2, 0.25) is 5.91 Å². The first-order chi connectivity index (χ1) is 12.9. The first kappa shape index (κ1) is 19.1. The van der Waals surface area contributed by atoms with Gasteiger partial charge in [0.1, 0.15) is 11.5 Å². The van der Waals surface area contributed by atoms with E-state index in [4.69, 9.17) is 11.6 Å². The maximum atomic E-state index is 13.2. The van der Waals surface area contributed by atoms with Gasteiger partial charge in [-0.3, -0.25) is 19.8 Å². The van der Waals surface area contributed by atoms with Crippen LogP contribution in [0, 0.1) is 15.9 Å². The van der Waals surface area contributed by atoms with Crippen LogP contribution in [0.1, 0.15) is 0 Å². The quantitative estimate of drug-likeness (QED) is 0.624. The summed E-state index contributed by atoms with van der Waals surface area (Å²) in [7, 11) is 0. The number of amides is 1. The van der Waals surface area contributed by atoms with Gasteiger partial charge in [-0.25, -0.2) is 4.39 Å². The van der Waals surface area contributed by atoms with Crippen LogP contribution in [0.4, 0.5) is 21.5 Å². The van der Waals surface area contributed by atoms with E-state index in [9.17, 15) is 19.3 Å². The van der Waals surface area contributed by atoms with Crippen LogP contribution in [0.5, 0.6) is 0 Å². The number of hydrogen-bond acceptors (Lipinski definition) is 5. The Bertz CT molecular complexity index is 856. The Morgan fingerprint density at radius 1 is 1.19 bits per heavy atom. The zero-order chi connectivity index (χ0) is 19.4. The highest BCUT2D eigenvalue weighted by Gasteiger charge is 2.24. The van der Waals surface area contributed by atoms with E-state index in [-0.39, 0.29) is 18.1 Å². The van der Waals surface area contributed by atoms with Gasteiger partial charge in [0.25, 0.3) is 5.69 Å². The third-order valence-corrected chi connectivity index (χ3v) is 4.56. The monoisotopic (exact) mass is 392 g/mol. The molecule has 3 rings (SSSR count). The predicted octanol–water partition coefficient (Wildman–Crippen LogP) is 3.15. The predicted molar refractivity (Wildman–Crippen MR) is 102 cm³/mol. The van der Waals surface area contributed by atoms with Crippen molar-refractivity contribution in [2.24, 2.45) is 0 Å². The molecule has 0 bridgehead atoms. The number of rotatable bonds is 5. The maximum Gasteiger partial charge on any atom is 0.294 e. The second-order valence-corrected chi connectivity index (χ2v) is 6.65. The highest BCUT2D eigenvalue weighted by molar-refractivity contribution is 6.30. The average Bonchev–Trinajstić information content (AvgIpc) is 2.62. The van der Waals surface area contributed by atoms with E-state index < -0.39 is 10.7 Å². The number of halogens is 2. The van der Waals surface area contributed by atoms with E-state index in [1.807, 2.05) is 9.80 Å². The summed E-state index contributed by atoms with van der Waals surface area (Å²) < 4.78 is 13.2. The van der Waals surface area contributed by atoms with Crippen molar-refractivity contribution >= 4 is 34.6 Å². The summed E-state index contributed by atoms with van der Waals surface area (Å²) in [6, 6.07) is 10.3. The molecule has 1 aliphatic rings. The molecule has 1 saturated heterocycles. The van der Waals surface area contributed by atoms with Crippen LogP contribution in [-0.2, 0) is 4.79 Å². The number of nitro benzene ring substituents is 1. The molecule has 9 heteroatoms. The minimum absolute atomic E-state index is 0.0280. The normalized spacial score (nSPS) is 14.8. The van der Waals surface area contributed by atoms with Crippen molar-refractivity contribution in [3.8, 4) is 0 Å². The molecule has 142 valence electrons. The van der Waals surface area contributed by atoms with Crippen molar-refractivity contribution in [2.45, 2.75) is 0 Å². The van der Waals surface area contributed by atoms with Crippen LogP contribution in [0.2, 0.25) is 5.02 Å². The number of hydrogen-bond donors (Lipinski definition) is 1. The molecule has 1 N–H and O–H groups in total. The Labute approximate surface area is 160 Å². The number of benzene rings is 2. The second kappa shape index (κ2) is 8.32. The highest BCUT2D eigenvalue weighted by Crippen LogP contribution is 2.31. The molecule has 1 amide bonds. The number of carbonyl (C=O) groups excluding carboxylic acids is 1. The second-order valence-electron chi connectivity index (χ2n) is 6.21. The van der Waals surface area contributed by atoms with Crippen LogP contribution in [0.3, 0.4) is 0 Å². The zero-order valence-corrected chi connectivity index (χ0v) is 15.2. The van der Waals surface area contributed by atoms with Crippen molar-refractivity contribution in [1.82, 2.24) is 4.90 Å². The molecule has 1 aliphatic heterocycles. The lowest BCUT2D eigenvalue weighted by Gasteiger charge is -2.35. The summed E-state index contributed by atoms with van der Waals surface area (Å²) in [5, 5.41) is 14.2. The molecule has 27 heavy (non-hydrogen) atoms. The van der Waals surface area contributed by atoms with Crippen molar-refractivity contribution in [2.75, 3.05) is 42.9 Å². The van der Waals surface area contributed by atoms with Gasteiger partial charge in [-0.2, -0.15) is 0 Å². The van der Waals surface area contributed by atoms with Crippen LogP contribution < -0.4 is 10.2 Å². The van der Waals surface area contributed by atoms with Crippen LogP contribution in [0.15, 0.2) is 42.5 Å². The van der Waals surface area contributed by atoms with E-state index >= 15 is 0 Å². The average molecular weight is 393 g/mol. The lowest BCUT2D eigenvalue weighted by Crippen LogP contribution is -2.48. The summed E-state index contributed by atoms with van der Waals surface area (Å²) in [6.07, 6.45) is 0. The molecule has 0 aromatic heterocycles. The van der Waals surface area contributed by atoms with E-state index in [2.05, 4.69) is 5.32 Å². The number of nitrogens with one attached hydrogen (secondary N) is 1. The van der Waals surface area contributed by atoms with Crippen molar-refractivity contribution in [3.63, 3.8) is 0 Å². The van der Waals surface area contributed by atoms with Gasteiger partial charge >= 0.3 is 0 Å². The number of anilines is 2. The fraction of sp³-hybridized carbons (Fsp3) is 0.278. The maximum absolute atomic E-state index is 13.2. The van der Waals surface area contributed by atoms with E-state index in [0.717, 1.165) is 0 Å². The molecule has 2 aromatic rings. The van der Waals surface area contributed by atoms with Gasteiger partial charge in [-0.1, -0.05) is 17.7 Å². The molecule has 1 fully saturated rings. The number of nitro groups is 1. The molecule has 0 radical (unpaired) electrons. The number of carbonyl (C=O) groups is 1. The first-order valence-corrected chi connectivity index (χ1v) is 8.77. The molecule has 1 heterocycles. The molecule has 0 saturated carbocycles. The highest BCUT2D eigenvalue weighted by atomic mass is 35.5. The van der Waals surface area contributed by atoms with Crippen molar-refractivity contribution in [3.05, 3.63) is 63.4 Å². The first-order valence-electron chi connectivity index (χ1n) is 8.39. The summed E-state index contributed by atoms with van der Waals surface area (Å²) >= 11 is 5.86. The van der Waals surface area contributed by atoms with Gasteiger partial charge in [-0.15, -0.1) is 0 Å². The van der Waals surface area contributed by atoms with Crippen LogP contribution in [0.25, 0.3) is 0 Å². The van der Waals surface area contributed by atoms with Gasteiger partial charge in [0, 0.05) is 43.0 Å². The number of piperazine rings is 1. The van der Waals surface area contributed by atoms with Gasteiger partial charge < -0.3 is 10.2 Å². The van der Waals surface area contributed by atoms with Gasteiger partial charge in [-0.05, 0) is 30.3 Å². The lowest BCUT2D eigenvalue weighted by molar-refractivity contribution is -0.384. The van der Waals surface area contributed by atoms with Crippen molar-refractivity contribution in [1.29, 1.82) is 0 Å². The van der Waals surface area contributed by atoms with Gasteiger partial charge in [0.05, 0.1) is 11.5 Å². The Hall–Kier alpha value is -2.71. The summed E-state index contributed by atoms with van der Waals surface area (Å²) in [6.45, 7) is 2.44. The molecule has 0 unspecified atom stereocenters. The zero-order valence-electron chi connectivity index (χ0n) is 14.4. The van der Waals surface area contributed by atoms with Crippen LogP contribution in [-0.4, -0.2) is 48.5 Å². The molecule has 0 spiro atoms. The minimum Gasteiger partial charge on any atom is -0.363 e. The Morgan fingerprint density at radius 3 is 2.59 bits per heavy atom. The molecule has 2 aromatic carbocycles. The summed E-state index contributed by atoms with van der Waals surface area (Å²) in [5.41, 5.74) is 0.906. The smallest absolute Gasteiger partial charge is 0.294 e. The van der Waals surface area contributed by atoms with Gasteiger partial charge in [0.15, 0.2) is 0 Å². The van der Waals surface area contributed by atoms with E-state index in [1.54, 1.807) is 18.2 Å². The van der Waals surface area contributed by atoms with E-state index in [1.165, 1.54) is 24.3 Å². The van der Waals surface area contributed by atoms with Crippen LogP contribution >= 0.6 is 11.6 Å². The summed E-state index contributed by atoms with van der Waals surface area (Å²) in [4.78, 5) is 26.8. The largest absolute Gasteiger partial charge is 0.363 e. The van der Waals surface area contributed by atoms with Crippen molar-refractivity contribution < 1.29 is 14.1 Å². The fourth-order valence-electron chi connectivity index (χ4n) is 3.03. The summed E-state index contributed by atoms with van der Waals surface area (Å²) in [5.74, 6) is -0.641. The lowest BCUT2D eigenvalue weighted by atomic mass is 10.2. The Kier molecular flexibility index (Phi) is 5.88. The fourth-order valence-corrected chi connectivity index (χ4v) is 3.19. The SMILES string of the molecule is O=C(CN1CCN(c2ccc(Cl)cc2[N+](=O)[O-])CC1)Nc1cccc(F)c1. The molecular formula is C18H18ClFN4O3. The topological polar surface area (TPSA) is 78.7 Å². The standard InChI is InChI=1S/C18H18ClFN4O3/c19-13-4-5-16(17(10-13)24(26)27)23-8-6-22(7-9-23)12-18(25)21-15-3-1-2-14(20)11-15/h1-5,10-11H,6-9,12H2,(H,21,25). The molecule has 0 aliphatic carbocycles.